The molecule has 0 aromatic heterocycles. The van der Waals surface area contributed by atoms with Gasteiger partial charge in [-0.1, -0.05) is 30.3 Å². The van der Waals surface area contributed by atoms with Crippen LogP contribution >= 0.6 is 0 Å². The molecule has 1 unspecified atom stereocenters. The van der Waals surface area contributed by atoms with Gasteiger partial charge in [-0.25, -0.2) is 0 Å². The van der Waals surface area contributed by atoms with Crippen LogP contribution in [-0.4, -0.2) is 63.7 Å². The molecule has 0 radical (unpaired) electrons. The second-order valence-corrected chi connectivity index (χ2v) is 7.20. The molecule has 2 aromatic rings. The standard InChI is InChI=1S/C23H29N3O5/c1-29-18-9-10-19(20(15-18)30-2)25-23(28)22(27)24-11-6-12-26-13-14-31-21(16-26)17-7-4-3-5-8-17/h3-5,7-10,15,21H,6,11-14,16H2,1-2H3,(H,24,27)(H,25,28). The average molecular weight is 428 g/mol. The molecule has 8 nitrogen and oxygen atoms in total. The summed E-state index contributed by atoms with van der Waals surface area (Å²) in [7, 11) is 3.03. The third-order valence-corrected chi connectivity index (χ3v) is 5.12. The van der Waals surface area contributed by atoms with Crippen molar-refractivity contribution in [3.05, 3.63) is 54.1 Å². The highest BCUT2D eigenvalue weighted by Gasteiger charge is 2.21. The van der Waals surface area contributed by atoms with Crippen LogP contribution in [0, 0.1) is 0 Å². The van der Waals surface area contributed by atoms with Crippen molar-refractivity contribution < 1.29 is 23.8 Å². The minimum Gasteiger partial charge on any atom is -0.497 e. The molecule has 1 atom stereocenters. The van der Waals surface area contributed by atoms with Gasteiger partial charge >= 0.3 is 11.8 Å². The number of nitrogens with zero attached hydrogens (tertiary/aromatic N) is 1. The summed E-state index contributed by atoms with van der Waals surface area (Å²) in [6.07, 6.45) is 0.807. The lowest BCUT2D eigenvalue weighted by Crippen LogP contribution is -2.41. The Bertz CT molecular complexity index is 875. The fourth-order valence-corrected chi connectivity index (χ4v) is 3.44. The first kappa shape index (κ1) is 22.6. The van der Waals surface area contributed by atoms with Gasteiger partial charge < -0.3 is 24.8 Å². The Morgan fingerprint density at radius 1 is 1.10 bits per heavy atom. The second-order valence-electron chi connectivity index (χ2n) is 7.20. The number of nitrogens with one attached hydrogen (secondary N) is 2. The van der Waals surface area contributed by atoms with Crippen LogP contribution in [0.15, 0.2) is 48.5 Å². The Kier molecular flexibility index (Phi) is 8.26. The minimum absolute atomic E-state index is 0.0646. The summed E-state index contributed by atoms with van der Waals surface area (Å²) in [4.78, 5) is 26.6. The van der Waals surface area contributed by atoms with Gasteiger partial charge in [0.25, 0.3) is 0 Å². The monoisotopic (exact) mass is 427 g/mol. The number of ether oxygens (including phenoxy) is 3. The van der Waals surface area contributed by atoms with Crippen molar-refractivity contribution in [1.82, 2.24) is 10.2 Å². The molecular weight excluding hydrogens is 398 g/mol. The predicted octanol–water partition coefficient (Wildman–Crippen LogP) is 2.22. The molecule has 2 amide bonds. The van der Waals surface area contributed by atoms with Gasteiger partial charge in [-0.2, -0.15) is 0 Å². The fraction of sp³-hybridized carbons (Fsp3) is 0.391. The van der Waals surface area contributed by atoms with Crippen molar-refractivity contribution in [1.29, 1.82) is 0 Å². The first-order valence-electron chi connectivity index (χ1n) is 10.3. The molecule has 0 saturated carbocycles. The number of benzene rings is 2. The molecule has 1 aliphatic heterocycles. The maximum Gasteiger partial charge on any atom is 0.313 e. The Balaban J connectivity index is 1.40. The number of amides is 2. The van der Waals surface area contributed by atoms with E-state index >= 15 is 0 Å². The molecule has 1 aliphatic rings. The molecule has 2 aromatic carbocycles. The topological polar surface area (TPSA) is 89.1 Å². The van der Waals surface area contributed by atoms with E-state index in [1.165, 1.54) is 12.7 Å². The summed E-state index contributed by atoms with van der Waals surface area (Å²) in [5.74, 6) is -0.404. The number of morpholine rings is 1. The third kappa shape index (κ3) is 6.44. The highest BCUT2D eigenvalue weighted by Crippen LogP contribution is 2.28. The Morgan fingerprint density at radius 2 is 1.90 bits per heavy atom. The van der Waals surface area contributed by atoms with E-state index in [0.717, 1.165) is 26.1 Å². The first-order chi connectivity index (χ1) is 15.1. The molecule has 1 fully saturated rings. The highest BCUT2D eigenvalue weighted by molar-refractivity contribution is 6.39. The predicted molar refractivity (Wildman–Crippen MR) is 117 cm³/mol. The Hall–Kier alpha value is -3.10. The van der Waals surface area contributed by atoms with E-state index < -0.39 is 11.8 Å². The molecule has 1 saturated heterocycles. The molecule has 8 heteroatoms. The number of methoxy groups -OCH3 is 2. The quantitative estimate of drug-likeness (QED) is 0.496. The van der Waals surface area contributed by atoms with Crippen LogP contribution in [0.1, 0.15) is 18.1 Å². The summed E-state index contributed by atoms with van der Waals surface area (Å²) < 4.78 is 16.2. The van der Waals surface area contributed by atoms with Gasteiger partial charge in [0.2, 0.25) is 0 Å². The van der Waals surface area contributed by atoms with Crippen LogP contribution in [0.2, 0.25) is 0 Å². The van der Waals surface area contributed by atoms with Crippen LogP contribution < -0.4 is 20.1 Å². The zero-order valence-corrected chi connectivity index (χ0v) is 17.9. The van der Waals surface area contributed by atoms with E-state index in [2.05, 4.69) is 27.7 Å². The van der Waals surface area contributed by atoms with Crippen molar-refractivity contribution >= 4 is 17.5 Å². The highest BCUT2D eigenvalue weighted by atomic mass is 16.5. The Morgan fingerprint density at radius 3 is 2.65 bits per heavy atom. The molecular formula is C23H29N3O5. The Labute approximate surface area is 182 Å². The van der Waals surface area contributed by atoms with E-state index in [4.69, 9.17) is 14.2 Å². The van der Waals surface area contributed by atoms with Gasteiger partial charge in [-0.15, -0.1) is 0 Å². The number of carbonyl (C=O) groups is 2. The van der Waals surface area contributed by atoms with Crippen LogP contribution in [0.4, 0.5) is 5.69 Å². The smallest absolute Gasteiger partial charge is 0.313 e. The van der Waals surface area contributed by atoms with Crippen molar-refractivity contribution in [3.8, 4) is 11.5 Å². The SMILES string of the molecule is COc1ccc(NC(=O)C(=O)NCCCN2CCOC(c3ccccc3)C2)c(OC)c1. The molecule has 3 rings (SSSR count). The van der Waals surface area contributed by atoms with Crippen LogP contribution in [0.3, 0.4) is 0 Å². The van der Waals surface area contributed by atoms with Crippen molar-refractivity contribution in [3.63, 3.8) is 0 Å². The molecule has 166 valence electrons. The van der Waals surface area contributed by atoms with Crippen LogP contribution in [0.25, 0.3) is 0 Å². The van der Waals surface area contributed by atoms with E-state index in [0.29, 0.717) is 30.3 Å². The maximum atomic E-state index is 12.2. The van der Waals surface area contributed by atoms with Crippen LogP contribution in [-0.2, 0) is 14.3 Å². The summed E-state index contributed by atoms with van der Waals surface area (Å²) in [5.41, 5.74) is 1.58. The molecule has 0 aliphatic carbocycles. The number of carbonyl (C=O) groups excluding carboxylic acids is 2. The molecule has 2 N–H and O–H groups in total. The van der Waals surface area contributed by atoms with Crippen LogP contribution in [0.5, 0.6) is 11.5 Å². The lowest BCUT2D eigenvalue weighted by atomic mass is 10.1. The summed E-state index contributed by atoms with van der Waals surface area (Å²) in [6.45, 7) is 3.59. The summed E-state index contributed by atoms with van der Waals surface area (Å²) in [5, 5.41) is 5.24. The van der Waals surface area contributed by atoms with E-state index in [9.17, 15) is 9.59 Å². The number of rotatable bonds is 8. The normalized spacial score (nSPS) is 16.4. The third-order valence-electron chi connectivity index (χ3n) is 5.12. The zero-order valence-electron chi connectivity index (χ0n) is 17.9. The minimum atomic E-state index is -0.737. The first-order valence-corrected chi connectivity index (χ1v) is 10.3. The maximum absolute atomic E-state index is 12.2. The van der Waals surface area contributed by atoms with Gasteiger partial charge in [0.1, 0.15) is 11.5 Å². The largest absolute Gasteiger partial charge is 0.497 e. The van der Waals surface area contributed by atoms with Crippen molar-refractivity contribution in [2.24, 2.45) is 0 Å². The van der Waals surface area contributed by atoms with E-state index in [1.54, 1.807) is 25.3 Å². The second kappa shape index (κ2) is 11.3. The van der Waals surface area contributed by atoms with Gasteiger partial charge in [0.05, 0.1) is 32.6 Å². The summed E-state index contributed by atoms with van der Waals surface area (Å²) in [6, 6.07) is 15.1. The lowest BCUT2D eigenvalue weighted by molar-refractivity contribution is -0.136. The summed E-state index contributed by atoms with van der Waals surface area (Å²) >= 11 is 0. The van der Waals surface area contributed by atoms with Gasteiger partial charge in [0.15, 0.2) is 0 Å². The molecule has 0 spiro atoms. The lowest BCUT2D eigenvalue weighted by Gasteiger charge is -2.33. The fourth-order valence-electron chi connectivity index (χ4n) is 3.44. The molecule has 31 heavy (non-hydrogen) atoms. The van der Waals surface area contributed by atoms with E-state index in [-0.39, 0.29) is 6.10 Å². The average Bonchev–Trinajstić information content (AvgIpc) is 2.82. The number of anilines is 1. The molecule has 0 bridgehead atoms. The van der Waals surface area contributed by atoms with Gasteiger partial charge in [-0.3, -0.25) is 14.5 Å². The van der Waals surface area contributed by atoms with Crippen molar-refractivity contribution in [2.75, 3.05) is 52.3 Å². The van der Waals surface area contributed by atoms with Gasteiger partial charge in [0, 0.05) is 32.2 Å². The van der Waals surface area contributed by atoms with Gasteiger partial charge in [-0.05, 0) is 24.1 Å². The zero-order chi connectivity index (χ0) is 22.1. The number of hydrogen-bond acceptors (Lipinski definition) is 6. The molecule has 1 heterocycles. The van der Waals surface area contributed by atoms with Crippen molar-refractivity contribution in [2.45, 2.75) is 12.5 Å². The number of hydrogen-bond donors (Lipinski definition) is 2. The van der Waals surface area contributed by atoms with E-state index in [1.807, 2.05) is 18.2 Å².